The van der Waals surface area contributed by atoms with Gasteiger partial charge in [-0.15, -0.1) is 0 Å². The zero-order chi connectivity index (χ0) is 13.4. The van der Waals surface area contributed by atoms with Crippen LogP contribution in [0, 0.1) is 0 Å². The van der Waals surface area contributed by atoms with E-state index in [4.69, 9.17) is 5.73 Å². The number of nitrogens with one attached hydrogen (secondary N) is 1. The topological polar surface area (TPSA) is 55.1 Å². The molecule has 0 atom stereocenters. The SMILES string of the molecule is CCCCCCCC(=O)Nc1ccc(Br)cc1N. The van der Waals surface area contributed by atoms with Crippen LogP contribution in [0.25, 0.3) is 0 Å². The number of unbranched alkanes of at least 4 members (excludes halogenated alkanes) is 4. The second kappa shape index (κ2) is 8.14. The number of anilines is 2. The molecule has 0 saturated carbocycles. The first-order valence-electron chi connectivity index (χ1n) is 6.48. The second-order valence-electron chi connectivity index (χ2n) is 4.44. The minimum Gasteiger partial charge on any atom is -0.397 e. The van der Waals surface area contributed by atoms with Crippen LogP contribution in [0.2, 0.25) is 0 Å². The molecule has 0 fully saturated rings. The Morgan fingerprint density at radius 3 is 2.67 bits per heavy atom. The van der Waals surface area contributed by atoms with Crippen LogP contribution >= 0.6 is 15.9 Å². The first-order chi connectivity index (χ1) is 8.63. The van der Waals surface area contributed by atoms with Crippen molar-refractivity contribution in [1.29, 1.82) is 0 Å². The fraction of sp³-hybridized carbons (Fsp3) is 0.500. The maximum atomic E-state index is 11.7. The van der Waals surface area contributed by atoms with Crippen molar-refractivity contribution in [2.24, 2.45) is 0 Å². The Balaban J connectivity index is 2.31. The van der Waals surface area contributed by atoms with Crippen LogP contribution in [-0.4, -0.2) is 5.91 Å². The van der Waals surface area contributed by atoms with Crippen molar-refractivity contribution in [1.82, 2.24) is 0 Å². The third-order valence-corrected chi connectivity index (χ3v) is 3.29. The molecule has 1 rings (SSSR count). The lowest BCUT2D eigenvalue weighted by molar-refractivity contribution is -0.116. The van der Waals surface area contributed by atoms with E-state index >= 15 is 0 Å². The molecule has 0 aliphatic rings. The molecule has 0 radical (unpaired) electrons. The Labute approximate surface area is 117 Å². The molecule has 18 heavy (non-hydrogen) atoms. The first kappa shape index (κ1) is 15.0. The summed E-state index contributed by atoms with van der Waals surface area (Å²) in [5.41, 5.74) is 7.10. The maximum absolute atomic E-state index is 11.7. The normalized spacial score (nSPS) is 10.3. The van der Waals surface area contributed by atoms with Crippen molar-refractivity contribution in [2.45, 2.75) is 45.4 Å². The molecular weight excluding hydrogens is 292 g/mol. The molecule has 0 aliphatic carbocycles. The number of rotatable bonds is 7. The first-order valence-corrected chi connectivity index (χ1v) is 7.27. The van der Waals surface area contributed by atoms with Crippen LogP contribution in [0.4, 0.5) is 11.4 Å². The zero-order valence-electron chi connectivity index (χ0n) is 10.8. The van der Waals surface area contributed by atoms with Gasteiger partial charge in [0.1, 0.15) is 0 Å². The van der Waals surface area contributed by atoms with E-state index in [1.165, 1.54) is 19.3 Å². The van der Waals surface area contributed by atoms with Crippen LogP contribution in [0.5, 0.6) is 0 Å². The number of amides is 1. The summed E-state index contributed by atoms with van der Waals surface area (Å²) in [5, 5.41) is 2.84. The summed E-state index contributed by atoms with van der Waals surface area (Å²) in [6.07, 6.45) is 6.33. The monoisotopic (exact) mass is 312 g/mol. The minimum absolute atomic E-state index is 0.0421. The van der Waals surface area contributed by atoms with Crippen molar-refractivity contribution in [2.75, 3.05) is 11.1 Å². The molecule has 1 amide bonds. The number of carbonyl (C=O) groups is 1. The Morgan fingerprint density at radius 1 is 1.28 bits per heavy atom. The molecule has 3 nitrogen and oxygen atoms in total. The van der Waals surface area contributed by atoms with Gasteiger partial charge in [0, 0.05) is 10.9 Å². The lowest BCUT2D eigenvalue weighted by Gasteiger charge is -2.08. The van der Waals surface area contributed by atoms with Crippen molar-refractivity contribution in [3.63, 3.8) is 0 Å². The van der Waals surface area contributed by atoms with E-state index in [-0.39, 0.29) is 5.91 Å². The van der Waals surface area contributed by atoms with Gasteiger partial charge in [0.15, 0.2) is 0 Å². The molecule has 0 heterocycles. The Hall–Kier alpha value is -1.03. The lowest BCUT2D eigenvalue weighted by Crippen LogP contribution is -2.12. The molecule has 4 heteroatoms. The van der Waals surface area contributed by atoms with E-state index < -0.39 is 0 Å². The van der Waals surface area contributed by atoms with Crippen molar-refractivity contribution in [3.05, 3.63) is 22.7 Å². The third kappa shape index (κ3) is 5.54. The van der Waals surface area contributed by atoms with Gasteiger partial charge in [-0.3, -0.25) is 4.79 Å². The number of hydrogen-bond donors (Lipinski definition) is 2. The fourth-order valence-electron chi connectivity index (χ4n) is 1.75. The van der Waals surface area contributed by atoms with E-state index in [2.05, 4.69) is 28.2 Å². The number of nitrogens with two attached hydrogens (primary N) is 1. The van der Waals surface area contributed by atoms with Gasteiger partial charge in [-0.25, -0.2) is 0 Å². The quantitative estimate of drug-likeness (QED) is 0.581. The summed E-state index contributed by atoms with van der Waals surface area (Å²) in [4.78, 5) is 11.7. The predicted molar refractivity (Wildman–Crippen MR) is 80.6 cm³/mol. The molecule has 1 aromatic rings. The number of benzene rings is 1. The summed E-state index contributed by atoms with van der Waals surface area (Å²) >= 11 is 3.34. The van der Waals surface area contributed by atoms with E-state index in [0.717, 1.165) is 17.3 Å². The predicted octanol–water partition coefficient (Wildman–Crippen LogP) is 4.33. The molecule has 100 valence electrons. The second-order valence-corrected chi connectivity index (χ2v) is 5.36. The van der Waals surface area contributed by atoms with Gasteiger partial charge in [-0.1, -0.05) is 48.5 Å². The summed E-state index contributed by atoms with van der Waals surface area (Å²) in [6, 6.07) is 5.47. The Kier molecular flexibility index (Phi) is 6.80. The molecule has 0 unspecified atom stereocenters. The van der Waals surface area contributed by atoms with Gasteiger partial charge >= 0.3 is 0 Å². The highest BCUT2D eigenvalue weighted by atomic mass is 79.9. The molecule has 0 aliphatic heterocycles. The van der Waals surface area contributed by atoms with Crippen LogP contribution in [0.15, 0.2) is 22.7 Å². The average molecular weight is 313 g/mol. The highest BCUT2D eigenvalue weighted by molar-refractivity contribution is 9.10. The van der Waals surface area contributed by atoms with Crippen molar-refractivity contribution < 1.29 is 4.79 Å². The van der Waals surface area contributed by atoms with Gasteiger partial charge < -0.3 is 11.1 Å². The lowest BCUT2D eigenvalue weighted by atomic mass is 10.1. The maximum Gasteiger partial charge on any atom is 0.224 e. The molecule has 0 bridgehead atoms. The Morgan fingerprint density at radius 2 is 2.00 bits per heavy atom. The van der Waals surface area contributed by atoms with Gasteiger partial charge in [0.2, 0.25) is 5.91 Å². The number of carbonyl (C=O) groups excluding carboxylic acids is 1. The van der Waals surface area contributed by atoms with Gasteiger partial charge in [-0.05, 0) is 24.6 Å². The summed E-state index contributed by atoms with van der Waals surface area (Å²) in [5.74, 6) is 0.0421. The van der Waals surface area contributed by atoms with E-state index in [1.807, 2.05) is 12.1 Å². The number of halogens is 1. The van der Waals surface area contributed by atoms with E-state index in [9.17, 15) is 4.79 Å². The minimum atomic E-state index is 0.0421. The van der Waals surface area contributed by atoms with Crippen LogP contribution in [0.3, 0.4) is 0 Å². The smallest absolute Gasteiger partial charge is 0.224 e. The van der Waals surface area contributed by atoms with E-state index in [0.29, 0.717) is 17.8 Å². The van der Waals surface area contributed by atoms with Crippen LogP contribution in [0.1, 0.15) is 45.4 Å². The summed E-state index contributed by atoms with van der Waals surface area (Å²) in [6.45, 7) is 2.18. The molecule has 3 N–H and O–H groups in total. The van der Waals surface area contributed by atoms with Crippen molar-refractivity contribution >= 4 is 33.2 Å². The molecular formula is C14H21BrN2O. The largest absolute Gasteiger partial charge is 0.397 e. The van der Waals surface area contributed by atoms with Crippen molar-refractivity contribution in [3.8, 4) is 0 Å². The Bertz CT molecular complexity index is 393. The van der Waals surface area contributed by atoms with Gasteiger partial charge in [0.25, 0.3) is 0 Å². The zero-order valence-corrected chi connectivity index (χ0v) is 12.4. The van der Waals surface area contributed by atoms with Crippen LogP contribution < -0.4 is 11.1 Å². The molecule has 0 saturated heterocycles. The third-order valence-electron chi connectivity index (χ3n) is 2.80. The highest BCUT2D eigenvalue weighted by Crippen LogP contribution is 2.23. The summed E-state index contributed by atoms with van der Waals surface area (Å²) < 4.78 is 0.914. The van der Waals surface area contributed by atoms with E-state index in [1.54, 1.807) is 6.07 Å². The number of nitrogen functional groups attached to an aromatic ring is 1. The average Bonchev–Trinajstić information content (AvgIpc) is 2.32. The molecule has 0 aromatic heterocycles. The summed E-state index contributed by atoms with van der Waals surface area (Å²) in [7, 11) is 0. The van der Waals surface area contributed by atoms with Gasteiger partial charge in [-0.2, -0.15) is 0 Å². The molecule has 1 aromatic carbocycles. The molecule has 0 spiro atoms. The highest BCUT2D eigenvalue weighted by Gasteiger charge is 2.05. The standard InChI is InChI=1S/C14H21BrN2O/c1-2-3-4-5-6-7-14(18)17-13-9-8-11(15)10-12(13)16/h8-10H,2-7,16H2,1H3,(H,17,18). The fourth-order valence-corrected chi connectivity index (χ4v) is 2.13. The van der Waals surface area contributed by atoms with Gasteiger partial charge in [0.05, 0.1) is 11.4 Å². The number of hydrogen-bond acceptors (Lipinski definition) is 2. The van der Waals surface area contributed by atoms with Crippen LogP contribution in [-0.2, 0) is 4.79 Å².